The van der Waals surface area contributed by atoms with Crippen LogP contribution >= 0.6 is 0 Å². The van der Waals surface area contributed by atoms with E-state index in [-0.39, 0.29) is 38.4 Å². The van der Waals surface area contributed by atoms with Gasteiger partial charge in [-0.15, -0.1) is 0 Å². The third-order valence-electron chi connectivity index (χ3n) is 4.67. The Labute approximate surface area is 218 Å². The second kappa shape index (κ2) is 25.5. The Balaban J connectivity index is -0.000000577. The van der Waals surface area contributed by atoms with Gasteiger partial charge in [-0.3, -0.25) is 9.59 Å². The average molecular weight is 513 g/mol. The second-order valence-electron chi connectivity index (χ2n) is 7.80. The van der Waals surface area contributed by atoms with Crippen LogP contribution in [0.1, 0.15) is 101 Å². The quantitative estimate of drug-likeness (QED) is 0.145. The molecule has 1 aromatic carbocycles. The maximum atomic E-state index is 11.6. The Kier molecular flexibility index (Phi) is 26.9. The molecule has 36 heavy (non-hydrogen) atoms. The van der Waals surface area contributed by atoms with Gasteiger partial charge in [-0.25, -0.2) is 4.79 Å². The summed E-state index contributed by atoms with van der Waals surface area (Å²) in [5, 5.41) is 0. The van der Waals surface area contributed by atoms with Gasteiger partial charge in [0.15, 0.2) is 5.78 Å². The normalized spacial score (nSPS) is 9.56. The Bertz CT molecular complexity index is 713. The van der Waals surface area contributed by atoms with Crippen molar-refractivity contribution >= 4 is 23.5 Å². The number of rotatable bonds is 17. The van der Waals surface area contributed by atoms with Crippen LogP contribution in [0.2, 0.25) is 0 Å². The zero-order valence-electron chi connectivity index (χ0n) is 21.1. The first-order chi connectivity index (χ1) is 16.3. The van der Waals surface area contributed by atoms with Gasteiger partial charge in [0.05, 0.1) is 18.8 Å². The van der Waals surface area contributed by atoms with E-state index >= 15 is 0 Å². The summed E-state index contributed by atoms with van der Waals surface area (Å²) in [7, 11) is 3.30. The zero-order chi connectivity index (χ0) is 25.6. The fourth-order valence-electron chi connectivity index (χ4n) is 2.69. The number of esters is 2. The monoisotopic (exact) mass is 512 g/mol. The number of hydrogen-bond donors (Lipinski definition) is 0. The topological polar surface area (TPSA) is 105 Å². The van der Waals surface area contributed by atoms with E-state index in [9.17, 15) is 19.2 Å². The largest absolute Gasteiger partial charge is 0.466 e. The molecule has 1 rings (SSSR count). The van der Waals surface area contributed by atoms with Crippen molar-refractivity contribution in [1.29, 1.82) is 0 Å². The van der Waals surface area contributed by atoms with E-state index in [0.717, 1.165) is 38.5 Å². The van der Waals surface area contributed by atoms with Crippen molar-refractivity contribution in [2.24, 2.45) is 0 Å². The van der Waals surface area contributed by atoms with Crippen LogP contribution in [0.15, 0.2) is 24.3 Å². The first-order valence-corrected chi connectivity index (χ1v) is 11.7. The minimum atomic E-state index is -0.359. The van der Waals surface area contributed by atoms with Gasteiger partial charge in [0.2, 0.25) is 0 Å². The van der Waals surface area contributed by atoms with Gasteiger partial charge in [-0.1, -0.05) is 27.0 Å². The fourth-order valence-corrected chi connectivity index (χ4v) is 2.69. The van der Waals surface area contributed by atoms with Crippen LogP contribution in [0, 0.1) is 0 Å². The summed E-state index contributed by atoms with van der Waals surface area (Å²) >= 11 is 0. The number of benzene rings is 1. The van der Waals surface area contributed by atoms with Crippen LogP contribution in [0.5, 0.6) is 0 Å². The predicted octanol–water partition coefficient (Wildman–Crippen LogP) is 5.85. The van der Waals surface area contributed by atoms with Crippen LogP contribution in [-0.2, 0) is 28.5 Å². The molecule has 0 aromatic heterocycles. The van der Waals surface area contributed by atoms with E-state index in [1.165, 1.54) is 6.92 Å². The number of carbonyl (C=O) groups excluding carboxylic acids is 4. The summed E-state index contributed by atoms with van der Waals surface area (Å²) in [6, 6.07) is 6.47. The van der Waals surface area contributed by atoms with E-state index in [1.807, 2.05) is 0 Å². The molecule has 0 radical (unpaired) electrons. The minimum Gasteiger partial charge on any atom is -0.466 e. The van der Waals surface area contributed by atoms with Crippen LogP contribution in [0.25, 0.3) is 0 Å². The molecular formula is C28H48O8. The number of hydrogen-bond acceptors (Lipinski definition) is 8. The average Bonchev–Trinajstić information content (AvgIpc) is 2.82. The number of carbonyl (C=O) groups is 4. The van der Waals surface area contributed by atoms with Crippen molar-refractivity contribution in [2.75, 3.05) is 40.6 Å². The van der Waals surface area contributed by atoms with Crippen LogP contribution in [-0.4, -0.2) is 64.2 Å². The molecule has 0 atom stereocenters. The first-order valence-electron chi connectivity index (χ1n) is 11.7. The predicted molar refractivity (Wildman–Crippen MR) is 143 cm³/mol. The van der Waals surface area contributed by atoms with Crippen molar-refractivity contribution in [2.45, 2.75) is 80.1 Å². The van der Waals surface area contributed by atoms with Gasteiger partial charge in [-0.05, 0) is 64.5 Å². The highest BCUT2D eigenvalue weighted by atomic mass is 16.5. The second-order valence-corrected chi connectivity index (χ2v) is 7.80. The Morgan fingerprint density at radius 1 is 0.611 bits per heavy atom. The maximum absolute atomic E-state index is 11.6. The smallest absolute Gasteiger partial charge is 0.338 e. The van der Waals surface area contributed by atoms with Crippen LogP contribution in [0.4, 0.5) is 0 Å². The van der Waals surface area contributed by atoms with E-state index in [4.69, 9.17) is 18.9 Å². The minimum absolute atomic E-state index is 0. The number of Topliss-reactive ketones (excluding diaryl/α,β-unsaturated/α-hetero) is 2. The lowest BCUT2D eigenvalue weighted by molar-refractivity contribution is -0.144. The lowest BCUT2D eigenvalue weighted by Crippen LogP contribution is -2.07. The summed E-state index contributed by atoms with van der Waals surface area (Å²) in [6.45, 7) is 5.28. The Hall–Kier alpha value is -2.58. The van der Waals surface area contributed by atoms with E-state index in [1.54, 1.807) is 45.4 Å². The third-order valence-corrected chi connectivity index (χ3v) is 4.67. The lowest BCUT2D eigenvalue weighted by atomic mass is 10.1. The summed E-state index contributed by atoms with van der Waals surface area (Å²) < 4.78 is 19.9. The summed E-state index contributed by atoms with van der Waals surface area (Å²) in [4.78, 5) is 44.5. The first kappa shape index (κ1) is 38.0. The summed E-state index contributed by atoms with van der Waals surface area (Å²) in [5.41, 5.74) is 1.05. The van der Waals surface area contributed by atoms with Gasteiger partial charge >= 0.3 is 11.9 Å². The summed E-state index contributed by atoms with van der Waals surface area (Å²) in [6.07, 6.45) is 5.88. The maximum Gasteiger partial charge on any atom is 0.338 e. The number of unbranched alkanes of at least 4 members (excludes halogenated alkanes) is 3. The standard InChI is InChI=1S/C14H18O4.C12H22O4.2CH4/c1-11(15)12-5-7-13(8-6-12)14(16)18-10-4-3-9-17-2;1-11(13)7-3-4-8-12(14)16-10-6-5-9-15-2;;/h5-8H,3-4,9-10H2,1-2H3;3-10H2,1-2H3;2*1H4. The molecular weight excluding hydrogens is 464 g/mol. The molecule has 0 saturated carbocycles. The van der Waals surface area contributed by atoms with Gasteiger partial charge in [0.25, 0.3) is 0 Å². The van der Waals surface area contributed by atoms with Crippen molar-refractivity contribution in [3.8, 4) is 0 Å². The highest BCUT2D eigenvalue weighted by molar-refractivity contribution is 5.96. The molecule has 0 amide bonds. The molecule has 1 aromatic rings. The van der Waals surface area contributed by atoms with Crippen LogP contribution in [0.3, 0.4) is 0 Å². The summed E-state index contributed by atoms with van der Waals surface area (Å²) in [5.74, 6) is -0.370. The molecule has 0 heterocycles. The highest BCUT2D eigenvalue weighted by Crippen LogP contribution is 2.07. The van der Waals surface area contributed by atoms with Crippen molar-refractivity contribution in [1.82, 2.24) is 0 Å². The lowest BCUT2D eigenvalue weighted by Gasteiger charge is -2.05. The fraction of sp³-hybridized carbons (Fsp3) is 0.643. The zero-order valence-corrected chi connectivity index (χ0v) is 21.1. The third kappa shape index (κ3) is 21.9. The molecule has 0 aliphatic heterocycles. The van der Waals surface area contributed by atoms with Crippen molar-refractivity contribution in [3.63, 3.8) is 0 Å². The molecule has 0 N–H and O–H groups in total. The Morgan fingerprint density at radius 2 is 1.06 bits per heavy atom. The molecule has 208 valence electrons. The number of ether oxygens (including phenoxy) is 4. The van der Waals surface area contributed by atoms with E-state index in [2.05, 4.69) is 0 Å². The SMILES string of the molecule is C.C.COCCCCOC(=O)CCCCC(C)=O.COCCCCOC(=O)c1ccc(C(C)=O)cc1. The van der Waals surface area contributed by atoms with E-state index in [0.29, 0.717) is 50.4 Å². The van der Waals surface area contributed by atoms with Crippen molar-refractivity contribution in [3.05, 3.63) is 35.4 Å². The van der Waals surface area contributed by atoms with Crippen molar-refractivity contribution < 1.29 is 38.1 Å². The molecule has 8 nitrogen and oxygen atoms in total. The van der Waals surface area contributed by atoms with Gasteiger partial charge in [-0.2, -0.15) is 0 Å². The molecule has 0 saturated heterocycles. The van der Waals surface area contributed by atoms with Gasteiger partial charge in [0.1, 0.15) is 5.78 Å². The molecule has 0 unspecified atom stereocenters. The van der Waals surface area contributed by atoms with Crippen LogP contribution < -0.4 is 0 Å². The molecule has 0 aliphatic rings. The molecule has 0 aliphatic carbocycles. The molecule has 0 bridgehead atoms. The van der Waals surface area contributed by atoms with Gasteiger partial charge in [0, 0.05) is 45.8 Å². The molecule has 8 heteroatoms. The molecule has 0 spiro atoms. The van der Waals surface area contributed by atoms with E-state index < -0.39 is 0 Å². The number of methoxy groups -OCH3 is 2. The highest BCUT2D eigenvalue weighted by Gasteiger charge is 2.07. The Morgan fingerprint density at radius 3 is 1.53 bits per heavy atom. The number of ketones is 2. The molecule has 0 fully saturated rings. The van der Waals surface area contributed by atoms with Gasteiger partial charge < -0.3 is 23.7 Å².